The number of hydrogen-bond donors (Lipinski definition) is 0. The maximum atomic E-state index is 13.8. The monoisotopic (exact) mass is 428 g/mol. The first-order valence-electron chi connectivity index (χ1n) is 6.87. The molecule has 4 nitrogen and oxygen atoms in total. The van der Waals surface area contributed by atoms with Gasteiger partial charge in [0.15, 0.2) is 6.61 Å². The van der Waals surface area contributed by atoms with E-state index in [1.165, 1.54) is 17.8 Å². The highest BCUT2D eigenvalue weighted by atomic mass is 79.9. The molecule has 8 heteroatoms. The van der Waals surface area contributed by atoms with Crippen molar-refractivity contribution in [3.8, 4) is 5.75 Å². The maximum absolute atomic E-state index is 13.8. The van der Waals surface area contributed by atoms with Crippen molar-refractivity contribution in [1.82, 2.24) is 10.2 Å². The Bertz CT molecular complexity index is 829. The third-order valence-corrected chi connectivity index (χ3v) is 4.60. The lowest BCUT2D eigenvalue weighted by molar-refractivity contribution is 0.252. The van der Waals surface area contributed by atoms with Gasteiger partial charge in [-0.25, -0.2) is 4.39 Å². The van der Waals surface area contributed by atoms with Crippen molar-refractivity contribution in [2.45, 2.75) is 17.6 Å². The highest BCUT2D eigenvalue weighted by molar-refractivity contribution is 9.10. The molecule has 124 valence electrons. The van der Waals surface area contributed by atoms with Gasteiger partial charge in [-0.05, 0) is 42.0 Å². The molecule has 0 unspecified atom stereocenters. The molecule has 1 aromatic heterocycles. The van der Waals surface area contributed by atoms with E-state index in [4.69, 9.17) is 20.8 Å². The predicted octanol–water partition coefficient (Wildman–Crippen LogP) is 5.50. The summed E-state index contributed by atoms with van der Waals surface area (Å²) in [6.07, 6.45) is 0. The SMILES string of the molecule is Fc1cc(Br)ccc1CSc1nnc(COc2ccc(Cl)cc2)o1. The molecule has 0 bridgehead atoms. The minimum atomic E-state index is -0.275. The third-order valence-electron chi connectivity index (χ3n) is 2.99. The Hall–Kier alpha value is -1.57. The Morgan fingerprint density at radius 3 is 2.71 bits per heavy atom. The molecule has 0 radical (unpaired) electrons. The molecule has 3 aromatic rings. The van der Waals surface area contributed by atoms with Crippen molar-refractivity contribution in [1.29, 1.82) is 0 Å². The summed E-state index contributed by atoms with van der Waals surface area (Å²) >= 11 is 10.3. The van der Waals surface area contributed by atoms with Crippen LogP contribution in [0.1, 0.15) is 11.5 Å². The first-order chi connectivity index (χ1) is 11.6. The fourth-order valence-corrected chi connectivity index (χ4v) is 3.03. The van der Waals surface area contributed by atoms with Gasteiger partial charge in [-0.3, -0.25) is 0 Å². The van der Waals surface area contributed by atoms with Gasteiger partial charge >= 0.3 is 0 Å². The van der Waals surface area contributed by atoms with Gasteiger partial charge in [-0.1, -0.05) is 45.4 Å². The Morgan fingerprint density at radius 1 is 1.17 bits per heavy atom. The summed E-state index contributed by atoms with van der Waals surface area (Å²) in [7, 11) is 0. The van der Waals surface area contributed by atoms with E-state index in [9.17, 15) is 4.39 Å². The van der Waals surface area contributed by atoms with Crippen LogP contribution in [0.25, 0.3) is 0 Å². The fourth-order valence-electron chi connectivity index (χ4n) is 1.81. The van der Waals surface area contributed by atoms with Gasteiger partial charge < -0.3 is 9.15 Å². The van der Waals surface area contributed by atoms with Crippen LogP contribution in [0.5, 0.6) is 5.75 Å². The van der Waals surface area contributed by atoms with Crippen LogP contribution in [0, 0.1) is 5.82 Å². The quantitative estimate of drug-likeness (QED) is 0.485. The number of ether oxygens (including phenoxy) is 1. The number of nitrogens with zero attached hydrogens (tertiary/aromatic N) is 2. The van der Waals surface area contributed by atoms with E-state index in [1.54, 1.807) is 36.4 Å². The smallest absolute Gasteiger partial charge is 0.277 e. The summed E-state index contributed by atoms with van der Waals surface area (Å²) in [6, 6.07) is 11.9. The molecule has 1 heterocycles. The molecular weight excluding hydrogens is 419 g/mol. The highest BCUT2D eigenvalue weighted by Gasteiger charge is 2.10. The average molecular weight is 430 g/mol. The zero-order chi connectivity index (χ0) is 16.9. The third kappa shape index (κ3) is 4.72. The summed E-state index contributed by atoms with van der Waals surface area (Å²) < 4.78 is 25.5. The highest BCUT2D eigenvalue weighted by Crippen LogP contribution is 2.25. The summed E-state index contributed by atoms with van der Waals surface area (Å²) in [5, 5.41) is 8.83. The molecule has 0 spiro atoms. The van der Waals surface area contributed by atoms with Crippen molar-refractivity contribution in [3.05, 3.63) is 69.2 Å². The molecule has 0 amide bonds. The van der Waals surface area contributed by atoms with E-state index >= 15 is 0 Å². The Labute approximate surface area is 155 Å². The molecule has 0 saturated heterocycles. The molecule has 2 aromatic carbocycles. The lowest BCUT2D eigenvalue weighted by Crippen LogP contribution is -1.95. The Morgan fingerprint density at radius 2 is 1.96 bits per heavy atom. The van der Waals surface area contributed by atoms with Crippen LogP contribution in [0.15, 0.2) is 56.6 Å². The standard InChI is InChI=1S/C16H11BrClFN2O2S/c17-11-2-1-10(14(19)7-11)9-24-16-21-20-15(23-16)8-22-13-5-3-12(18)4-6-13/h1-7H,8-9H2. The van der Waals surface area contributed by atoms with Gasteiger partial charge in [0.1, 0.15) is 11.6 Å². The topological polar surface area (TPSA) is 48.2 Å². The second-order valence-electron chi connectivity index (χ2n) is 4.73. The van der Waals surface area contributed by atoms with E-state index < -0.39 is 0 Å². The second-order valence-corrected chi connectivity index (χ2v) is 7.01. The Balaban J connectivity index is 1.54. The van der Waals surface area contributed by atoms with Crippen LogP contribution in [0.2, 0.25) is 5.02 Å². The predicted molar refractivity (Wildman–Crippen MR) is 93.7 cm³/mol. The molecule has 0 atom stereocenters. The minimum absolute atomic E-state index is 0.155. The van der Waals surface area contributed by atoms with Crippen LogP contribution in [0.4, 0.5) is 4.39 Å². The van der Waals surface area contributed by atoms with Gasteiger partial charge in [0.05, 0.1) is 0 Å². The van der Waals surface area contributed by atoms with Gasteiger partial charge in [-0.2, -0.15) is 0 Å². The zero-order valence-electron chi connectivity index (χ0n) is 12.2. The number of aromatic nitrogens is 2. The van der Waals surface area contributed by atoms with Crippen molar-refractivity contribution < 1.29 is 13.5 Å². The molecule has 0 aliphatic carbocycles. The minimum Gasteiger partial charge on any atom is -0.484 e. The fraction of sp³-hybridized carbons (Fsp3) is 0.125. The van der Waals surface area contributed by atoms with Crippen LogP contribution >= 0.6 is 39.3 Å². The summed E-state index contributed by atoms with van der Waals surface area (Å²) in [4.78, 5) is 0. The summed E-state index contributed by atoms with van der Waals surface area (Å²) in [6.45, 7) is 0.155. The largest absolute Gasteiger partial charge is 0.484 e. The molecule has 0 aliphatic heterocycles. The van der Waals surface area contributed by atoms with Crippen LogP contribution in [-0.2, 0) is 12.4 Å². The lowest BCUT2D eigenvalue weighted by atomic mass is 10.2. The normalized spacial score (nSPS) is 10.8. The number of thioether (sulfide) groups is 1. The van der Waals surface area contributed by atoms with Gasteiger partial charge in [0, 0.05) is 15.2 Å². The average Bonchev–Trinajstić information content (AvgIpc) is 3.01. The summed E-state index contributed by atoms with van der Waals surface area (Å²) in [5.41, 5.74) is 0.570. The molecule has 0 saturated carbocycles. The first-order valence-corrected chi connectivity index (χ1v) is 9.03. The van der Waals surface area contributed by atoms with E-state index in [0.29, 0.717) is 37.7 Å². The van der Waals surface area contributed by atoms with E-state index in [1.807, 2.05) is 0 Å². The first kappa shape index (κ1) is 17.3. The lowest BCUT2D eigenvalue weighted by Gasteiger charge is -2.02. The number of hydrogen-bond acceptors (Lipinski definition) is 5. The number of halogens is 3. The van der Waals surface area contributed by atoms with Crippen molar-refractivity contribution in [3.63, 3.8) is 0 Å². The van der Waals surface area contributed by atoms with E-state index in [-0.39, 0.29) is 12.4 Å². The van der Waals surface area contributed by atoms with Crippen molar-refractivity contribution >= 4 is 39.3 Å². The summed E-state index contributed by atoms with van der Waals surface area (Å²) in [5.74, 6) is 1.13. The Kier molecular flexibility index (Phi) is 5.76. The van der Waals surface area contributed by atoms with Crippen molar-refractivity contribution in [2.75, 3.05) is 0 Å². The van der Waals surface area contributed by atoms with Crippen molar-refractivity contribution in [2.24, 2.45) is 0 Å². The van der Waals surface area contributed by atoms with E-state index in [0.717, 1.165) is 0 Å². The molecule has 0 fully saturated rings. The van der Waals surface area contributed by atoms with E-state index in [2.05, 4.69) is 26.1 Å². The number of rotatable bonds is 6. The molecule has 0 N–H and O–H groups in total. The van der Waals surface area contributed by atoms with Gasteiger partial charge in [0.25, 0.3) is 11.1 Å². The van der Waals surface area contributed by atoms with Gasteiger partial charge in [0.2, 0.25) is 0 Å². The second kappa shape index (κ2) is 8.00. The zero-order valence-corrected chi connectivity index (χ0v) is 15.4. The molecular formula is C16H11BrClFN2O2S. The maximum Gasteiger partial charge on any atom is 0.277 e. The van der Waals surface area contributed by atoms with Crippen LogP contribution in [0.3, 0.4) is 0 Å². The van der Waals surface area contributed by atoms with Gasteiger partial charge in [-0.15, -0.1) is 10.2 Å². The molecule has 3 rings (SSSR count). The molecule has 24 heavy (non-hydrogen) atoms. The molecule has 0 aliphatic rings. The van der Waals surface area contributed by atoms with Crippen LogP contribution in [-0.4, -0.2) is 10.2 Å². The number of benzene rings is 2. The van der Waals surface area contributed by atoms with Crippen LogP contribution < -0.4 is 4.74 Å².